The molecule has 0 aliphatic heterocycles. The van der Waals surface area contributed by atoms with Crippen LogP contribution in [-0.2, 0) is 0 Å². The zero-order valence-corrected chi connectivity index (χ0v) is 11.9. The second-order valence-corrected chi connectivity index (χ2v) is 4.78. The minimum absolute atomic E-state index is 0.0627. The third kappa shape index (κ3) is 2.88. The van der Waals surface area contributed by atoms with Crippen molar-refractivity contribution in [1.82, 2.24) is 10.1 Å². The summed E-state index contributed by atoms with van der Waals surface area (Å²) in [5.41, 5.74) is 1.55. The monoisotopic (exact) mass is 296 g/mol. The van der Waals surface area contributed by atoms with Gasteiger partial charge >= 0.3 is 0 Å². The lowest BCUT2D eigenvalue weighted by molar-refractivity contribution is -0.384. The van der Waals surface area contributed by atoms with Crippen molar-refractivity contribution in [2.24, 2.45) is 0 Å². The van der Waals surface area contributed by atoms with E-state index in [1.165, 1.54) is 12.1 Å². The van der Waals surface area contributed by atoms with E-state index in [0.717, 1.165) is 11.3 Å². The van der Waals surface area contributed by atoms with Crippen LogP contribution in [0.4, 0.5) is 11.5 Å². The Hall–Kier alpha value is -2.15. The normalized spacial score (nSPS) is 12.2. The Morgan fingerprint density at radius 1 is 1.45 bits per heavy atom. The Kier molecular flexibility index (Phi) is 3.89. The van der Waals surface area contributed by atoms with E-state index in [1.54, 1.807) is 6.92 Å². The van der Waals surface area contributed by atoms with E-state index in [9.17, 15) is 10.1 Å². The van der Waals surface area contributed by atoms with Gasteiger partial charge in [0.05, 0.1) is 28.8 Å². The number of pyridine rings is 1. The van der Waals surface area contributed by atoms with Crippen molar-refractivity contribution in [2.75, 3.05) is 5.32 Å². The van der Waals surface area contributed by atoms with E-state index in [-0.39, 0.29) is 16.9 Å². The number of hydrogen-bond acceptors (Lipinski definition) is 6. The van der Waals surface area contributed by atoms with Crippen molar-refractivity contribution >= 4 is 23.1 Å². The van der Waals surface area contributed by atoms with Crippen LogP contribution in [0.15, 0.2) is 16.7 Å². The molecule has 0 saturated heterocycles. The predicted molar refractivity (Wildman–Crippen MR) is 73.9 cm³/mol. The Bertz CT molecular complexity index is 637. The Balaban J connectivity index is 2.28. The molecule has 2 aromatic heterocycles. The van der Waals surface area contributed by atoms with Crippen LogP contribution in [0.3, 0.4) is 0 Å². The number of rotatable bonds is 4. The van der Waals surface area contributed by atoms with E-state index >= 15 is 0 Å². The number of nitro groups is 1. The number of nitrogens with zero attached hydrogens (tertiary/aromatic N) is 3. The minimum atomic E-state index is -0.515. The molecule has 2 rings (SSSR count). The second kappa shape index (κ2) is 5.46. The standard InChI is InChI=1S/C12H13ClN4O3/c1-6(12-7(2)16-20-8(12)3)14-11-5-9(17(18)19)4-10(13)15-11/h4-6H,1-3H3,(H,14,15). The van der Waals surface area contributed by atoms with E-state index in [1.807, 2.05) is 13.8 Å². The number of aryl methyl sites for hydroxylation is 2. The highest BCUT2D eigenvalue weighted by Gasteiger charge is 2.18. The molecule has 0 saturated carbocycles. The minimum Gasteiger partial charge on any atom is -0.363 e. The van der Waals surface area contributed by atoms with Crippen molar-refractivity contribution in [2.45, 2.75) is 26.8 Å². The highest BCUT2D eigenvalue weighted by Crippen LogP contribution is 2.27. The molecular weight excluding hydrogens is 284 g/mol. The fourth-order valence-electron chi connectivity index (χ4n) is 2.06. The highest BCUT2D eigenvalue weighted by atomic mass is 35.5. The molecule has 0 spiro atoms. The van der Waals surface area contributed by atoms with Gasteiger partial charge in [-0.15, -0.1) is 0 Å². The molecular formula is C12H13ClN4O3. The summed E-state index contributed by atoms with van der Waals surface area (Å²) in [5, 5.41) is 17.8. The molecule has 0 fully saturated rings. The topological polar surface area (TPSA) is 94.1 Å². The van der Waals surface area contributed by atoms with Crippen molar-refractivity contribution in [3.63, 3.8) is 0 Å². The van der Waals surface area contributed by atoms with Crippen molar-refractivity contribution < 1.29 is 9.45 Å². The lowest BCUT2D eigenvalue weighted by Gasteiger charge is -2.14. The lowest BCUT2D eigenvalue weighted by atomic mass is 10.1. The van der Waals surface area contributed by atoms with E-state index in [2.05, 4.69) is 15.5 Å². The average molecular weight is 297 g/mol. The molecule has 0 bridgehead atoms. The van der Waals surface area contributed by atoms with Crippen LogP contribution in [0.25, 0.3) is 0 Å². The van der Waals surface area contributed by atoms with Gasteiger partial charge in [-0.1, -0.05) is 16.8 Å². The van der Waals surface area contributed by atoms with Crippen LogP contribution in [0.2, 0.25) is 5.15 Å². The third-order valence-corrected chi connectivity index (χ3v) is 3.07. The quantitative estimate of drug-likeness (QED) is 0.528. The Labute approximate surface area is 120 Å². The summed E-state index contributed by atoms with van der Waals surface area (Å²) in [6, 6.07) is 2.38. The van der Waals surface area contributed by atoms with E-state index < -0.39 is 4.92 Å². The first-order valence-corrected chi connectivity index (χ1v) is 6.27. The number of hydrogen-bond donors (Lipinski definition) is 1. The smallest absolute Gasteiger partial charge is 0.276 e. The molecule has 0 aliphatic carbocycles. The average Bonchev–Trinajstić information content (AvgIpc) is 2.68. The third-order valence-electron chi connectivity index (χ3n) is 2.88. The van der Waals surface area contributed by atoms with Gasteiger partial charge in [-0.25, -0.2) is 4.98 Å². The molecule has 0 aromatic carbocycles. The molecule has 0 amide bonds. The molecule has 8 heteroatoms. The lowest BCUT2D eigenvalue weighted by Crippen LogP contribution is -2.10. The van der Waals surface area contributed by atoms with E-state index in [4.69, 9.17) is 16.1 Å². The maximum atomic E-state index is 10.8. The predicted octanol–water partition coefficient (Wildman–Crippen LogP) is 3.42. The molecule has 20 heavy (non-hydrogen) atoms. The summed E-state index contributed by atoms with van der Waals surface area (Å²) >= 11 is 5.78. The van der Waals surface area contributed by atoms with Gasteiger partial charge in [0.15, 0.2) is 0 Å². The largest absolute Gasteiger partial charge is 0.363 e. The Morgan fingerprint density at radius 2 is 2.15 bits per heavy atom. The first-order valence-electron chi connectivity index (χ1n) is 5.89. The van der Waals surface area contributed by atoms with Gasteiger partial charge in [-0.2, -0.15) is 0 Å². The van der Waals surface area contributed by atoms with Crippen molar-refractivity contribution in [1.29, 1.82) is 0 Å². The number of aromatic nitrogens is 2. The fourth-order valence-corrected chi connectivity index (χ4v) is 2.27. The van der Waals surface area contributed by atoms with Crippen molar-refractivity contribution in [3.8, 4) is 0 Å². The van der Waals surface area contributed by atoms with Gasteiger partial charge in [0, 0.05) is 5.56 Å². The number of anilines is 1. The summed E-state index contributed by atoms with van der Waals surface area (Å²) < 4.78 is 5.10. The maximum Gasteiger partial charge on any atom is 0.276 e. The first kappa shape index (κ1) is 14.3. The summed E-state index contributed by atoms with van der Waals surface area (Å²) in [5.74, 6) is 1.02. The van der Waals surface area contributed by atoms with Crippen LogP contribution in [0.5, 0.6) is 0 Å². The molecule has 2 aromatic rings. The van der Waals surface area contributed by atoms with Gasteiger partial charge in [0.2, 0.25) is 0 Å². The Morgan fingerprint density at radius 3 is 2.70 bits per heavy atom. The van der Waals surface area contributed by atoms with Crippen LogP contribution in [0.1, 0.15) is 30.0 Å². The molecule has 0 aliphatic rings. The van der Waals surface area contributed by atoms with Gasteiger partial charge < -0.3 is 9.84 Å². The highest BCUT2D eigenvalue weighted by molar-refractivity contribution is 6.29. The second-order valence-electron chi connectivity index (χ2n) is 4.39. The van der Waals surface area contributed by atoms with Crippen LogP contribution in [-0.4, -0.2) is 15.1 Å². The van der Waals surface area contributed by atoms with Gasteiger partial charge in [0.1, 0.15) is 16.7 Å². The summed E-state index contributed by atoms with van der Waals surface area (Å²) in [6.45, 7) is 5.53. The zero-order chi connectivity index (χ0) is 14.9. The molecule has 1 N–H and O–H groups in total. The summed E-state index contributed by atoms with van der Waals surface area (Å²) in [4.78, 5) is 14.3. The van der Waals surface area contributed by atoms with Gasteiger partial charge in [-0.3, -0.25) is 10.1 Å². The van der Waals surface area contributed by atoms with Crippen LogP contribution in [0, 0.1) is 24.0 Å². The van der Waals surface area contributed by atoms with Crippen LogP contribution < -0.4 is 5.32 Å². The first-order chi connectivity index (χ1) is 9.38. The molecule has 1 unspecified atom stereocenters. The molecule has 2 heterocycles. The van der Waals surface area contributed by atoms with Crippen molar-refractivity contribution in [3.05, 3.63) is 44.4 Å². The van der Waals surface area contributed by atoms with Gasteiger partial charge in [-0.05, 0) is 20.8 Å². The maximum absolute atomic E-state index is 10.8. The summed E-state index contributed by atoms with van der Waals surface area (Å²) in [6.07, 6.45) is 0. The molecule has 0 radical (unpaired) electrons. The zero-order valence-electron chi connectivity index (χ0n) is 11.2. The van der Waals surface area contributed by atoms with E-state index in [0.29, 0.717) is 11.6 Å². The fraction of sp³-hybridized carbons (Fsp3) is 0.333. The van der Waals surface area contributed by atoms with Gasteiger partial charge in [0.25, 0.3) is 5.69 Å². The molecule has 7 nitrogen and oxygen atoms in total. The molecule has 106 valence electrons. The SMILES string of the molecule is Cc1noc(C)c1C(C)Nc1cc([N+](=O)[O-])cc(Cl)n1. The number of halogens is 1. The molecule has 1 atom stereocenters. The van der Waals surface area contributed by atoms with Crippen LogP contribution >= 0.6 is 11.6 Å². The number of nitrogens with one attached hydrogen (secondary N) is 1. The summed E-state index contributed by atoms with van der Waals surface area (Å²) in [7, 11) is 0.